The van der Waals surface area contributed by atoms with Gasteiger partial charge in [0.25, 0.3) is 0 Å². The fourth-order valence-corrected chi connectivity index (χ4v) is 3.08. The molecule has 1 amide bonds. The lowest BCUT2D eigenvalue weighted by Gasteiger charge is -2.22. The Balaban J connectivity index is 2.18. The van der Waals surface area contributed by atoms with Gasteiger partial charge in [0.15, 0.2) is 0 Å². The molecular formula is C14H21NO2S2. The number of carbonyl (C=O) groups is 1. The van der Waals surface area contributed by atoms with Gasteiger partial charge in [-0.25, -0.2) is 0 Å². The Hall–Kier alpha value is -0.650. The summed E-state index contributed by atoms with van der Waals surface area (Å²) < 4.78 is 0. The van der Waals surface area contributed by atoms with E-state index >= 15 is 0 Å². The van der Waals surface area contributed by atoms with Crippen LogP contribution in [0.5, 0.6) is 0 Å². The molecule has 0 bridgehead atoms. The molecule has 19 heavy (non-hydrogen) atoms. The van der Waals surface area contributed by atoms with Crippen molar-refractivity contribution in [1.82, 2.24) is 5.32 Å². The molecule has 0 saturated carbocycles. The summed E-state index contributed by atoms with van der Waals surface area (Å²) in [6, 6.07) is 10.1. The number of hydrogen-bond acceptors (Lipinski definition) is 4. The van der Waals surface area contributed by atoms with E-state index < -0.39 is 5.60 Å². The van der Waals surface area contributed by atoms with E-state index in [9.17, 15) is 9.90 Å². The minimum atomic E-state index is -0.834. The van der Waals surface area contributed by atoms with Crippen LogP contribution in [0.4, 0.5) is 0 Å². The molecule has 3 nitrogen and oxygen atoms in total. The van der Waals surface area contributed by atoms with E-state index in [0.29, 0.717) is 18.1 Å². The standard InChI is InChI=1S/C14H21NO2S2/c1-14(17,11-18-2)10-15-13(16)9-19-8-12-6-4-3-5-7-12/h3-7,17H,8-11H2,1-2H3,(H,15,16)/t14-/m0/s1. The molecular weight excluding hydrogens is 278 g/mol. The zero-order valence-electron chi connectivity index (χ0n) is 11.4. The zero-order valence-corrected chi connectivity index (χ0v) is 13.0. The maximum atomic E-state index is 11.6. The van der Waals surface area contributed by atoms with Crippen LogP contribution in [0.3, 0.4) is 0 Å². The fourth-order valence-electron chi connectivity index (χ4n) is 1.54. The number of aliphatic hydroxyl groups is 1. The molecule has 0 unspecified atom stereocenters. The summed E-state index contributed by atoms with van der Waals surface area (Å²) in [5.74, 6) is 1.84. The third-order valence-corrected chi connectivity index (χ3v) is 4.38. The van der Waals surface area contributed by atoms with Crippen molar-refractivity contribution in [3.8, 4) is 0 Å². The van der Waals surface area contributed by atoms with Crippen LogP contribution in [0, 0.1) is 0 Å². The molecule has 0 aliphatic carbocycles. The van der Waals surface area contributed by atoms with Gasteiger partial charge in [0.05, 0.1) is 11.4 Å². The molecule has 0 spiro atoms. The SMILES string of the molecule is CSC[C@@](C)(O)CNC(=O)CSCc1ccccc1. The summed E-state index contributed by atoms with van der Waals surface area (Å²) in [6.45, 7) is 2.04. The van der Waals surface area contributed by atoms with Crippen molar-refractivity contribution in [3.05, 3.63) is 35.9 Å². The average molecular weight is 299 g/mol. The van der Waals surface area contributed by atoms with Gasteiger partial charge in [0.2, 0.25) is 5.91 Å². The van der Waals surface area contributed by atoms with Crippen molar-refractivity contribution in [1.29, 1.82) is 0 Å². The molecule has 0 aliphatic rings. The molecule has 1 rings (SSSR count). The summed E-state index contributed by atoms with van der Waals surface area (Å²) in [5, 5.41) is 12.7. The van der Waals surface area contributed by atoms with E-state index in [1.807, 2.05) is 36.6 Å². The van der Waals surface area contributed by atoms with E-state index in [1.54, 1.807) is 30.4 Å². The molecule has 0 saturated heterocycles. The molecule has 0 radical (unpaired) electrons. The quantitative estimate of drug-likeness (QED) is 0.772. The Morgan fingerprint density at radius 3 is 2.68 bits per heavy atom. The molecule has 0 heterocycles. The zero-order chi connectivity index (χ0) is 14.1. The molecule has 1 atom stereocenters. The van der Waals surface area contributed by atoms with Gasteiger partial charge in [0, 0.05) is 18.1 Å². The van der Waals surface area contributed by atoms with Gasteiger partial charge in [-0.05, 0) is 18.7 Å². The predicted molar refractivity (Wildman–Crippen MR) is 84.6 cm³/mol. The second kappa shape index (κ2) is 8.51. The highest BCUT2D eigenvalue weighted by Crippen LogP contribution is 2.12. The van der Waals surface area contributed by atoms with Crippen molar-refractivity contribution < 1.29 is 9.90 Å². The highest BCUT2D eigenvalue weighted by molar-refractivity contribution is 7.99. The minimum Gasteiger partial charge on any atom is -0.387 e. The second-order valence-electron chi connectivity index (χ2n) is 4.69. The van der Waals surface area contributed by atoms with E-state index in [2.05, 4.69) is 5.32 Å². The highest BCUT2D eigenvalue weighted by atomic mass is 32.2. The van der Waals surface area contributed by atoms with E-state index in [-0.39, 0.29) is 5.91 Å². The van der Waals surface area contributed by atoms with Gasteiger partial charge < -0.3 is 10.4 Å². The van der Waals surface area contributed by atoms with Crippen LogP contribution in [0.1, 0.15) is 12.5 Å². The maximum absolute atomic E-state index is 11.6. The average Bonchev–Trinajstić information content (AvgIpc) is 2.38. The predicted octanol–water partition coefficient (Wildman–Crippen LogP) is 2.15. The van der Waals surface area contributed by atoms with Crippen LogP contribution in [-0.2, 0) is 10.5 Å². The summed E-state index contributed by atoms with van der Waals surface area (Å²) in [6.07, 6.45) is 1.94. The van der Waals surface area contributed by atoms with Crippen molar-refractivity contribution >= 4 is 29.4 Å². The first-order chi connectivity index (χ1) is 9.03. The van der Waals surface area contributed by atoms with Crippen LogP contribution < -0.4 is 5.32 Å². The van der Waals surface area contributed by atoms with Gasteiger partial charge in [-0.3, -0.25) is 4.79 Å². The van der Waals surface area contributed by atoms with Gasteiger partial charge in [0.1, 0.15) is 0 Å². The van der Waals surface area contributed by atoms with Crippen molar-refractivity contribution in [2.45, 2.75) is 18.3 Å². The van der Waals surface area contributed by atoms with Crippen LogP contribution in [0.25, 0.3) is 0 Å². The number of hydrogen-bond donors (Lipinski definition) is 2. The van der Waals surface area contributed by atoms with Crippen LogP contribution in [-0.4, -0.2) is 40.9 Å². The molecule has 0 fully saturated rings. The van der Waals surface area contributed by atoms with Crippen molar-refractivity contribution in [3.63, 3.8) is 0 Å². The Bertz CT molecular complexity index is 382. The largest absolute Gasteiger partial charge is 0.387 e. The van der Waals surface area contributed by atoms with E-state index in [0.717, 1.165) is 5.75 Å². The molecule has 5 heteroatoms. The lowest BCUT2D eigenvalue weighted by molar-refractivity contribution is -0.119. The first-order valence-corrected chi connectivity index (χ1v) is 8.68. The highest BCUT2D eigenvalue weighted by Gasteiger charge is 2.20. The van der Waals surface area contributed by atoms with Gasteiger partial charge in [-0.2, -0.15) is 11.8 Å². The maximum Gasteiger partial charge on any atom is 0.230 e. The fraction of sp³-hybridized carbons (Fsp3) is 0.500. The molecule has 0 aromatic heterocycles. The van der Waals surface area contributed by atoms with Crippen molar-refractivity contribution in [2.75, 3.05) is 24.3 Å². The first-order valence-electron chi connectivity index (χ1n) is 6.13. The molecule has 2 N–H and O–H groups in total. The summed E-state index contributed by atoms with van der Waals surface area (Å²) >= 11 is 3.15. The normalized spacial score (nSPS) is 13.8. The number of nitrogens with one attached hydrogen (secondary N) is 1. The third-order valence-electron chi connectivity index (χ3n) is 2.47. The number of benzene rings is 1. The number of rotatable bonds is 8. The first kappa shape index (κ1) is 16.4. The van der Waals surface area contributed by atoms with Crippen molar-refractivity contribution in [2.24, 2.45) is 0 Å². The van der Waals surface area contributed by atoms with Crippen LogP contribution >= 0.6 is 23.5 Å². The smallest absolute Gasteiger partial charge is 0.230 e. The third kappa shape index (κ3) is 7.50. The van der Waals surface area contributed by atoms with Gasteiger partial charge >= 0.3 is 0 Å². The Morgan fingerprint density at radius 1 is 1.37 bits per heavy atom. The molecule has 1 aromatic rings. The Morgan fingerprint density at radius 2 is 2.05 bits per heavy atom. The molecule has 0 aliphatic heterocycles. The van der Waals surface area contributed by atoms with Crippen LogP contribution in [0.2, 0.25) is 0 Å². The van der Waals surface area contributed by atoms with Gasteiger partial charge in [-0.15, -0.1) is 11.8 Å². The number of carbonyl (C=O) groups excluding carboxylic acids is 1. The van der Waals surface area contributed by atoms with Gasteiger partial charge in [-0.1, -0.05) is 30.3 Å². The summed E-state index contributed by atoms with van der Waals surface area (Å²) in [5.41, 5.74) is 0.383. The second-order valence-corrected chi connectivity index (χ2v) is 6.54. The summed E-state index contributed by atoms with van der Waals surface area (Å²) in [4.78, 5) is 11.6. The van der Waals surface area contributed by atoms with E-state index in [4.69, 9.17) is 0 Å². The lowest BCUT2D eigenvalue weighted by Crippen LogP contribution is -2.43. The topological polar surface area (TPSA) is 49.3 Å². The molecule has 106 valence electrons. The Labute approximate surface area is 123 Å². The number of thioether (sulfide) groups is 2. The number of amides is 1. The van der Waals surface area contributed by atoms with Crippen LogP contribution in [0.15, 0.2) is 30.3 Å². The lowest BCUT2D eigenvalue weighted by atomic mass is 10.1. The minimum absolute atomic E-state index is 0.0256. The Kier molecular flexibility index (Phi) is 7.34. The molecule has 1 aromatic carbocycles. The summed E-state index contributed by atoms with van der Waals surface area (Å²) in [7, 11) is 0. The monoisotopic (exact) mass is 299 g/mol. The van der Waals surface area contributed by atoms with E-state index in [1.165, 1.54) is 5.56 Å².